The summed E-state index contributed by atoms with van der Waals surface area (Å²) >= 11 is 3.57. The molecule has 2 rings (SSSR count). The number of rotatable bonds is 5. The van der Waals surface area contributed by atoms with Gasteiger partial charge in [-0.2, -0.15) is 0 Å². The van der Waals surface area contributed by atoms with E-state index in [1.165, 1.54) is 5.56 Å². The number of likely N-dealkylation sites (tertiary alicyclic amines) is 1. The van der Waals surface area contributed by atoms with E-state index < -0.39 is 0 Å². The Morgan fingerprint density at radius 1 is 1.50 bits per heavy atom. The van der Waals surface area contributed by atoms with Crippen molar-refractivity contribution in [3.63, 3.8) is 0 Å². The predicted octanol–water partition coefficient (Wildman–Crippen LogP) is 3.01. The molecule has 1 saturated heterocycles. The third-order valence-corrected chi connectivity index (χ3v) is 4.77. The fourth-order valence-corrected chi connectivity index (χ4v) is 3.57. The highest BCUT2D eigenvalue weighted by Crippen LogP contribution is 2.28. The van der Waals surface area contributed by atoms with E-state index in [1.807, 2.05) is 30.1 Å². The molecule has 0 aliphatic carbocycles. The molecule has 20 heavy (non-hydrogen) atoms. The van der Waals surface area contributed by atoms with Gasteiger partial charge in [-0.05, 0) is 43.5 Å². The van der Waals surface area contributed by atoms with Crippen LogP contribution in [-0.4, -0.2) is 37.5 Å². The van der Waals surface area contributed by atoms with Crippen LogP contribution in [0.25, 0.3) is 0 Å². The number of benzene rings is 1. The topological polar surface area (TPSA) is 32.3 Å². The number of nitrogens with zero attached hydrogens (tertiary/aromatic N) is 1. The van der Waals surface area contributed by atoms with Crippen LogP contribution in [0.4, 0.5) is 0 Å². The summed E-state index contributed by atoms with van der Waals surface area (Å²) < 4.78 is 1.09. The molecule has 0 unspecified atom stereocenters. The summed E-state index contributed by atoms with van der Waals surface area (Å²) in [4.78, 5) is 14.4. The molecule has 0 radical (unpaired) electrons. The van der Waals surface area contributed by atoms with Crippen molar-refractivity contribution >= 4 is 21.8 Å². The molecule has 3 nitrogen and oxygen atoms in total. The Morgan fingerprint density at radius 2 is 2.25 bits per heavy atom. The first kappa shape index (κ1) is 15.5. The SMILES string of the molecule is CNC[C@H]1CCN(C(=O)C[C@H](C)c2ccccc2Br)C1. The van der Waals surface area contributed by atoms with E-state index in [9.17, 15) is 4.79 Å². The highest BCUT2D eigenvalue weighted by atomic mass is 79.9. The monoisotopic (exact) mass is 338 g/mol. The van der Waals surface area contributed by atoms with E-state index in [-0.39, 0.29) is 11.8 Å². The number of carbonyl (C=O) groups excluding carboxylic acids is 1. The smallest absolute Gasteiger partial charge is 0.223 e. The minimum Gasteiger partial charge on any atom is -0.342 e. The average Bonchev–Trinajstić information content (AvgIpc) is 2.88. The van der Waals surface area contributed by atoms with Crippen molar-refractivity contribution in [2.45, 2.75) is 25.7 Å². The van der Waals surface area contributed by atoms with Crippen molar-refractivity contribution in [3.8, 4) is 0 Å². The van der Waals surface area contributed by atoms with Crippen LogP contribution < -0.4 is 5.32 Å². The summed E-state index contributed by atoms with van der Waals surface area (Å²) in [7, 11) is 1.97. The Bertz CT molecular complexity index is 464. The summed E-state index contributed by atoms with van der Waals surface area (Å²) in [5.41, 5.74) is 1.21. The molecule has 1 aromatic rings. The minimum atomic E-state index is 0.251. The summed E-state index contributed by atoms with van der Waals surface area (Å²) in [6.45, 7) is 4.94. The van der Waals surface area contributed by atoms with Crippen molar-refractivity contribution in [3.05, 3.63) is 34.3 Å². The van der Waals surface area contributed by atoms with Crippen LogP contribution >= 0.6 is 15.9 Å². The van der Waals surface area contributed by atoms with Gasteiger partial charge in [0.05, 0.1) is 0 Å². The second-order valence-electron chi connectivity index (χ2n) is 5.68. The average molecular weight is 339 g/mol. The summed E-state index contributed by atoms with van der Waals surface area (Å²) in [6, 6.07) is 8.16. The Balaban J connectivity index is 1.90. The van der Waals surface area contributed by atoms with E-state index in [1.54, 1.807) is 0 Å². The zero-order valence-electron chi connectivity index (χ0n) is 12.2. The number of carbonyl (C=O) groups is 1. The molecule has 1 aliphatic rings. The lowest BCUT2D eigenvalue weighted by molar-refractivity contribution is -0.130. The van der Waals surface area contributed by atoms with Crippen molar-refractivity contribution < 1.29 is 4.79 Å². The molecule has 1 N–H and O–H groups in total. The van der Waals surface area contributed by atoms with Crippen LogP contribution in [0.5, 0.6) is 0 Å². The number of hydrogen-bond donors (Lipinski definition) is 1. The van der Waals surface area contributed by atoms with Gasteiger partial charge in [-0.15, -0.1) is 0 Å². The molecular formula is C16H23BrN2O. The van der Waals surface area contributed by atoms with Gasteiger partial charge >= 0.3 is 0 Å². The Morgan fingerprint density at radius 3 is 2.95 bits per heavy atom. The van der Waals surface area contributed by atoms with Gasteiger partial charge in [-0.25, -0.2) is 0 Å². The zero-order chi connectivity index (χ0) is 14.5. The predicted molar refractivity (Wildman–Crippen MR) is 85.8 cm³/mol. The van der Waals surface area contributed by atoms with Crippen LogP contribution in [-0.2, 0) is 4.79 Å². The number of halogens is 1. The molecule has 0 saturated carbocycles. The lowest BCUT2D eigenvalue weighted by Crippen LogP contribution is -2.31. The molecule has 1 aromatic carbocycles. The fraction of sp³-hybridized carbons (Fsp3) is 0.562. The maximum Gasteiger partial charge on any atom is 0.223 e. The Hall–Kier alpha value is -0.870. The van der Waals surface area contributed by atoms with E-state index in [0.717, 1.165) is 30.5 Å². The quantitative estimate of drug-likeness (QED) is 0.894. The van der Waals surface area contributed by atoms with Crippen LogP contribution in [0.1, 0.15) is 31.2 Å². The van der Waals surface area contributed by atoms with Crippen molar-refractivity contribution in [1.82, 2.24) is 10.2 Å². The molecule has 1 amide bonds. The molecule has 1 heterocycles. The molecule has 0 bridgehead atoms. The molecule has 0 spiro atoms. The van der Waals surface area contributed by atoms with Crippen LogP contribution in [0.3, 0.4) is 0 Å². The van der Waals surface area contributed by atoms with Gasteiger partial charge in [0.25, 0.3) is 0 Å². The second-order valence-corrected chi connectivity index (χ2v) is 6.53. The molecule has 1 aliphatic heterocycles. The molecule has 1 fully saturated rings. The lowest BCUT2D eigenvalue weighted by Gasteiger charge is -2.20. The van der Waals surface area contributed by atoms with E-state index in [0.29, 0.717) is 12.3 Å². The first-order valence-electron chi connectivity index (χ1n) is 7.28. The van der Waals surface area contributed by atoms with E-state index >= 15 is 0 Å². The highest BCUT2D eigenvalue weighted by molar-refractivity contribution is 9.10. The van der Waals surface area contributed by atoms with Gasteiger partial charge in [0, 0.05) is 24.0 Å². The first-order chi connectivity index (χ1) is 9.61. The zero-order valence-corrected chi connectivity index (χ0v) is 13.8. The Kier molecular flexibility index (Phi) is 5.61. The van der Waals surface area contributed by atoms with E-state index in [2.05, 4.69) is 34.2 Å². The number of hydrogen-bond acceptors (Lipinski definition) is 2. The van der Waals surface area contributed by atoms with Crippen molar-refractivity contribution in [1.29, 1.82) is 0 Å². The third kappa shape index (κ3) is 3.83. The van der Waals surface area contributed by atoms with Crippen molar-refractivity contribution in [2.24, 2.45) is 5.92 Å². The van der Waals surface area contributed by atoms with E-state index in [4.69, 9.17) is 0 Å². The largest absolute Gasteiger partial charge is 0.342 e. The lowest BCUT2D eigenvalue weighted by atomic mass is 9.97. The fourth-order valence-electron chi connectivity index (χ4n) is 2.89. The third-order valence-electron chi connectivity index (χ3n) is 4.05. The number of nitrogens with one attached hydrogen (secondary N) is 1. The normalized spacial score (nSPS) is 20.1. The van der Waals surface area contributed by atoms with Gasteiger partial charge in [-0.3, -0.25) is 4.79 Å². The Labute approximate surface area is 129 Å². The first-order valence-corrected chi connectivity index (χ1v) is 8.08. The molecule has 110 valence electrons. The van der Waals surface area contributed by atoms with Gasteiger partial charge in [0.15, 0.2) is 0 Å². The maximum atomic E-state index is 12.4. The standard InChI is InChI=1S/C16H23BrN2O/c1-12(14-5-3-4-6-15(14)17)9-16(20)19-8-7-13(11-19)10-18-2/h3-6,12-13,18H,7-11H2,1-2H3/t12-,13+/m0/s1. The molecular weight excluding hydrogens is 316 g/mol. The molecule has 4 heteroatoms. The van der Waals surface area contributed by atoms with Crippen LogP contribution in [0, 0.1) is 5.92 Å². The summed E-state index contributed by atoms with van der Waals surface area (Å²) in [6.07, 6.45) is 1.71. The van der Waals surface area contributed by atoms with Gasteiger partial charge in [0.1, 0.15) is 0 Å². The van der Waals surface area contributed by atoms with Crippen molar-refractivity contribution in [2.75, 3.05) is 26.7 Å². The van der Waals surface area contributed by atoms with Crippen LogP contribution in [0.2, 0.25) is 0 Å². The highest BCUT2D eigenvalue weighted by Gasteiger charge is 2.26. The van der Waals surface area contributed by atoms with Gasteiger partial charge in [0.2, 0.25) is 5.91 Å². The molecule has 0 aromatic heterocycles. The maximum absolute atomic E-state index is 12.4. The van der Waals surface area contributed by atoms with Crippen LogP contribution in [0.15, 0.2) is 28.7 Å². The second kappa shape index (κ2) is 7.23. The van der Waals surface area contributed by atoms with Gasteiger partial charge in [-0.1, -0.05) is 41.1 Å². The number of amides is 1. The summed E-state index contributed by atoms with van der Waals surface area (Å²) in [5.74, 6) is 1.15. The summed E-state index contributed by atoms with van der Waals surface area (Å²) in [5, 5.41) is 3.20. The minimum absolute atomic E-state index is 0.251. The van der Waals surface area contributed by atoms with Gasteiger partial charge < -0.3 is 10.2 Å². The molecule has 2 atom stereocenters.